The highest BCUT2D eigenvalue weighted by Gasteiger charge is 2.30. The molecule has 0 aliphatic carbocycles. The van der Waals surface area contributed by atoms with E-state index in [0.29, 0.717) is 0 Å². The molecule has 0 saturated heterocycles. The van der Waals surface area contributed by atoms with E-state index in [0.717, 1.165) is 24.3 Å². The van der Waals surface area contributed by atoms with Gasteiger partial charge in [-0.25, -0.2) is 4.79 Å². The van der Waals surface area contributed by atoms with Crippen LogP contribution in [0.1, 0.15) is 26.4 Å². The predicted octanol–water partition coefficient (Wildman–Crippen LogP) is 2.36. The van der Waals surface area contributed by atoms with E-state index < -0.39 is 23.6 Å². The predicted molar refractivity (Wildman–Crippen MR) is 70.3 cm³/mol. The molecule has 0 unspecified atom stereocenters. The molecule has 0 bridgehead atoms. The first kappa shape index (κ1) is 15.6. The molecule has 1 heterocycles. The first-order valence-corrected chi connectivity index (χ1v) is 6.04. The minimum absolute atomic E-state index is 0.0418. The molecule has 22 heavy (non-hydrogen) atoms. The Balaban J connectivity index is 2.17. The van der Waals surface area contributed by atoms with Gasteiger partial charge in [0.25, 0.3) is 0 Å². The van der Waals surface area contributed by atoms with Crippen LogP contribution in [0.4, 0.5) is 13.2 Å². The van der Waals surface area contributed by atoms with Crippen molar-refractivity contribution in [1.82, 2.24) is 4.57 Å². The molecule has 1 aromatic heterocycles. The number of nitrogens with two attached hydrogens (primary N) is 1. The molecular formula is C14H11F3N2O3. The molecule has 0 aliphatic heterocycles. The van der Waals surface area contributed by atoms with Gasteiger partial charge < -0.3 is 15.0 Å². The summed E-state index contributed by atoms with van der Waals surface area (Å²) in [5, 5.41) is 0. The van der Waals surface area contributed by atoms with Gasteiger partial charge in [-0.05, 0) is 30.3 Å². The van der Waals surface area contributed by atoms with E-state index in [1.54, 1.807) is 0 Å². The summed E-state index contributed by atoms with van der Waals surface area (Å²) < 4.78 is 43.6. The second-order valence-electron chi connectivity index (χ2n) is 4.50. The number of carbonyl (C=O) groups excluding carboxylic acids is 2. The van der Waals surface area contributed by atoms with Gasteiger partial charge in [0.1, 0.15) is 11.4 Å². The molecule has 0 saturated carbocycles. The number of nitrogens with zero attached hydrogens (tertiary/aromatic N) is 1. The number of ether oxygens (including phenoxy) is 1. The van der Waals surface area contributed by atoms with Crippen molar-refractivity contribution in [2.24, 2.45) is 12.8 Å². The largest absolute Gasteiger partial charge is 0.422 e. The van der Waals surface area contributed by atoms with Crippen molar-refractivity contribution < 1.29 is 27.5 Å². The van der Waals surface area contributed by atoms with Gasteiger partial charge in [0.2, 0.25) is 5.91 Å². The zero-order chi connectivity index (χ0) is 16.5. The van der Waals surface area contributed by atoms with Crippen LogP contribution in [0.15, 0.2) is 36.5 Å². The molecule has 2 rings (SSSR count). The van der Waals surface area contributed by atoms with E-state index in [1.165, 1.54) is 23.9 Å². The fourth-order valence-corrected chi connectivity index (χ4v) is 1.77. The normalized spacial score (nSPS) is 11.3. The van der Waals surface area contributed by atoms with Crippen molar-refractivity contribution >= 4 is 11.9 Å². The molecule has 2 N–H and O–H groups in total. The van der Waals surface area contributed by atoms with Crippen LogP contribution in [0.25, 0.3) is 0 Å². The van der Waals surface area contributed by atoms with E-state index >= 15 is 0 Å². The molecule has 0 spiro atoms. The number of esters is 1. The lowest BCUT2D eigenvalue weighted by Gasteiger charge is -2.08. The van der Waals surface area contributed by atoms with E-state index in [-0.39, 0.29) is 17.0 Å². The van der Waals surface area contributed by atoms with Crippen molar-refractivity contribution in [1.29, 1.82) is 0 Å². The van der Waals surface area contributed by atoms with Crippen LogP contribution in [0.2, 0.25) is 0 Å². The zero-order valence-corrected chi connectivity index (χ0v) is 11.3. The quantitative estimate of drug-likeness (QED) is 0.698. The number of primary amides is 1. The number of carbonyl (C=O) groups is 2. The van der Waals surface area contributed by atoms with Gasteiger partial charge in [0.15, 0.2) is 0 Å². The standard InChI is InChI=1S/C14H11F3N2O3/c1-19-7-8(12(18)20)6-11(19)13(21)22-10-4-2-9(3-5-10)14(15,16)17/h2-7H,1H3,(H2,18,20). The van der Waals surface area contributed by atoms with Crippen LogP contribution < -0.4 is 10.5 Å². The Morgan fingerprint density at radius 2 is 1.77 bits per heavy atom. The van der Waals surface area contributed by atoms with Crippen LogP contribution in [-0.2, 0) is 13.2 Å². The highest BCUT2D eigenvalue weighted by molar-refractivity contribution is 5.97. The summed E-state index contributed by atoms with van der Waals surface area (Å²) in [6.45, 7) is 0. The number of alkyl halides is 3. The van der Waals surface area contributed by atoms with Crippen molar-refractivity contribution in [3.8, 4) is 5.75 Å². The Morgan fingerprint density at radius 3 is 2.23 bits per heavy atom. The first-order valence-electron chi connectivity index (χ1n) is 6.04. The van der Waals surface area contributed by atoms with Gasteiger partial charge in [-0.3, -0.25) is 4.79 Å². The average Bonchev–Trinajstić information content (AvgIpc) is 2.81. The molecule has 8 heteroatoms. The van der Waals surface area contributed by atoms with Gasteiger partial charge >= 0.3 is 12.1 Å². The molecule has 5 nitrogen and oxygen atoms in total. The Kier molecular flexibility index (Phi) is 3.94. The van der Waals surface area contributed by atoms with E-state index in [2.05, 4.69) is 0 Å². The van der Waals surface area contributed by atoms with Gasteiger partial charge in [0.05, 0.1) is 11.1 Å². The number of hydrogen-bond donors (Lipinski definition) is 1. The third-order valence-corrected chi connectivity index (χ3v) is 2.89. The molecule has 0 atom stereocenters. The van der Waals surface area contributed by atoms with Gasteiger partial charge in [0, 0.05) is 13.2 Å². The fraction of sp³-hybridized carbons (Fsp3) is 0.143. The first-order chi connectivity index (χ1) is 10.2. The van der Waals surface area contributed by atoms with Crippen LogP contribution in [0, 0.1) is 0 Å². The maximum absolute atomic E-state index is 12.4. The van der Waals surface area contributed by atoms with Crippen molar-refractivity contribution in [2.45, 2.75) is 6.18 Å². The van der Waals surface area contributed by atoms with Crippen molar-refractivity contribution in [3.63, 3.8) is 0 Å². The smallest absolute Gasteiger partial charge is 0.416 e. The van der Waals surface area contributed by atoms with Gasteiger partial charge in [-0.2, -0.15) is 13.2 Å². The molecule has 1 aromatic carbocycles. The minimum atomic E-state index is -4.46. The Morgan fingerprint density at radius 1 is 1.18 bits per heavy atom. The lowest BCUT2D eigenvalue weighted by atomic mass is 10.2. The van der Waals surface area contributed by atoms with Crippen LogP contribution in [-0.4, -0.2) is 16.4 Å². The lowest BCUT2D eigenvalue weighted by molar-refractivity contribution is -0.137. The summed E-state index contributed by atoms with van der Waals surface area (Å²) in [5.41, 5.74) is 4.43. The molecule has 2 aromatic rings. The number of benzene rings is 1. The number of hydrogen-bond acceptors (Lipinski definition) is 3. The fourth-order valence-electron chi connectivity index (χ4n) is 1.77. The third kappa shape index (κ3) is 3.27. The highest BCUT2D eigenvalue weighted by atomic mass is 19.4. The van der Waals surface area contributed by atoms with E-state index in [4.69, 9.17) is 10.5 Å². The maximum atomic E-state index is 12.4. The zero-order valence-electron chi connectivity index (χ0n) is 11.3. The van der Waals surface area contributed by atoms with Crippen molar-refractivity contribution in [2.75, 3.05) is 0 Å². The van der Waals surface area contributed by atoms with Gasteiger partial charge in [-0.15, -0.1) is 0 Å². The molecule has 1 amide bonds. The molecule has 116 valence electrons. The summed E-state index contributed by atoms with van der Waals surface area (Å²) in [5.74, 6) is -1.56. The van der Waals surface area contributed by atoms with E-state index in [9.17, 15) is 22.8 Å². The summed E-state index contributed by atoms with van der Waals surface area (Å²) in [6, 6.07) is 4.94. The molecule has 0 aliphatic rings. The van der Waals surface area contributed by atoms with Gasteiger partial charge in [-0.1, -0.05) is 0 Å². The monoisotopic (exact) mass is 312 g/mol. The summed E-state index contributed by atoms with van der Waals surface area (Å²) in [7, 11) is 1.51. The molecular weight excluding hydrogens is 301 g/mol. The lowest BCUT2D eigenvalue weighted by Crippen LogP contribution is -2.13. The second kappa shape index (κ2) is 5.55. The molecule has 0 fully saturated rings. The number of halogens is 3. The van der Waals surface area contributed by atoms with Crippen LogP contribution in [0.3, 0.4) is 0 Å². The highest BCUT2D eigenvalue weighted by Crippen LogP contribution is 2.30. The number of aromatic nitrogens is 1. The van der Waals surface area contributed by atoms with Crippen LogP contribution >= 0.6 is 0 Å². The summed E-state index contributed by atoms with van der Waals surface area (Å²) in [4.78, 5) is 23.0. The Labute approximate surface area is 123 Å². The minimum Gasteiger partial charge on any atom is -0.422 e. The summed E-state index contributed by atoms with van der Waals surface area (Å²) >= 11 is 0. The van der Waals surface area contributed by atoms with Crippen molar-refractivity contribution in [3.05, 3.63) is 53.3 Å². The third-order valence-electron chi connectivity index (χ3n) is 2.89. The number of amides is 1. The van der Waals surface area contributed by atoms with E-state index in [1.807, 2.05) is 0 Å². The summed E-state index contributed by atoms with van der Waals surface area (Å²) in [6.07, 6.45) is -3.11. The SMILES string of the molecule is Cn1cc(C(N)=O)cc1C(=O)Oc1ccc(C(F)(F)F)cc1. The second-order valence-corrected chi connectivity index (χ2v) is 4.50. The van der Waals surface area contributed by atoms with Crippen LogP contribution in [0.5, 0.6) is 5.75 Å². The molecule has 0 radical (unpaired) electrons. The maximum Gasteiger partial charge on any atom is 0.416 e. The number of aryl methyl sites for hydroxylation is 1. The Hall–Kier alpha value is -2.77. The number of rotatable bonds is 3. The average molecular weight is 312 g/mol. The topological polar surface area (TPSA) is 74.3 Å². The Bertz CT molecular complexity index is 718.